The minimum absolute atomic E-state index is 0.0637. The Morgan fingerprint density at radius 1 is 1.05 bits per heavy atom. The number of unbranched alkanes of at least 4 members (excludes halogenated alkanes) is 3. The molecular weight excluding hydrogens is 248 g/mol. The van der Waals surface area contributed by atoms with Crippen LogP contribution in [0.4, 0.5) is 0 Å². The molecule has 0 atom stereocenters. The topological polar surface area (TPSA) is 26.3 Å². The quantitative estimate of drug-likeness (QED) is 0.493. The van der Waals surface area contributed by atoms with Gasteiger partial charge in [0, 0.05) is 0 Å². The number of hydrogen-bond acceptors (Lipinski definition) is 2. The molecule has 114 valence electrons. The highest BCUT2D eigenvalue weighted by Gasteiger charge is 2.08. The third-order valence-electron chi connectivity index (χ3n) is 2.85. The molecule has 0 aliphatic rings. The fraction of sp³-hybridized carbons (Fsp3) is 0.611. The Bertz CT molecular complexity index is 352. The van der Waals surface area contributed by atoms with Crippen molar-refractivity contribution < 1.29 is 9.53 Å². The normalized spacial score (nSPS) is 9.90. The average molecular weight is 278 g/mol. The van der Waals surface area contributed by atoms with Crippen LogP contribution < -0.4 is 0 Å². The number of ether oxygens (including phenoxy) is 1. The monoisotopic (exact) mass is 278 g/mol. The van der Waals surface area contributed by atoms with Crippen molar-refractivity contribution in [3.05, 3.63) is 35.4 Å². The zero-order chi connectivity index (χ0) is 15.4. The molecule has 0 bridgehead atoms. The lowest BCUT2D eigenvalue weighted by Crippen LogP contribution is -2.11. The molecule has 0 aliphatic heterocycles. The second-order valence-corrected chi connectivity index (χ2v) is 4.96. The maximum Gasteiger partial charge on any atom is 0.338 e. The Labute approximate surface area is 124 Å². The van der Waals surface area contributed by atoms with E-state index in [0.29, 0.717) is 5.56 Å². The predicted octanol–water partition coefficient (Wildman–Crippen LogP) is 5.40. The summed E-state index contributed by atoms with van der Waals surface area (Å²) in [5.41, 5.74) is 1.94. The third kappa shape index (κ3) is 7.98. The molecule has 0 aromatic heterocycles. The summed E-state index contributed by atoms with van der Waals surface area (Å²) >= 11 is 0. The molecule has 1 rings (SSSR count). The zero-order valence-corrected chi connectivity index (χ0v) is 13.7. The van der Waals surface area contributed by atoms with Crippen LogP contribution in [0.2, 0.25) is 0 Å². The lowest BCUT2D eigenvalue weighted by Gasteiger charge is -2.08. The van der Waals surface area contributed by atoms with Crippen molar-refractivity contribution in [2.24, 2.45) is 0 Å². The molecule has 0 spiro atoms. The highest BCUT2D eigenvalue weighted by Crippen LogP contribution is 2.11. The summed E-state index contributed by atoms with van der Waals surface area (Å²) < 4.78 is 5.15. The molecule has 0 radical (unpaired) electrons. The van der Waals surface area contributed by atoms with Gasteiger partial charge in [0.2, 0.25) is 0 Å². The van der Waals surface area contributed by atoms with Gasteiger partial charge in [-0.15, -0.1) is 0 Å². The number of esters is 1. The molecule has 2 nitrogen and oxygen atoms in total. The van der Waals surface area contributed by atoms with Crippen molar-refractivity contribution in [2.75, 3.05) is 0 Å². The van der Waals surface area contributed by atoms with Crippen LogP contribution in [0, 0.1) is 0 Å². The molecule has 1 aromatic carbocycles. The van der Waals surface area contributed by atoms with Crippen LogP contribution in [-0.2, 0) is 11.2 Å². The van der Waals surface area contributed by atoms with Crippen LogP contribution in [0.15, 0.2) is 24.3 Å². The van der Waals surface area contributed by atoms with E-state index >= 15 is 0 Å². The van der Waals surface area contributed by atoms with E-state index in [1.807, 2.05) is 52.0 Å². The van der Waals surface area contributed by atoms with Gasteiger partial charge in [0.15, 0.2) is 0 Å². The second-order valence-electron chi connectivity index (χ2n) is 4.96. The summed E-state index contributed by atoms with van der Waals surface area (Å²) in [5.74, 6) is -0.234. The standard InChI is InChI=1S/C16H24O2.C2H6/c1-4-5-6-7-8-14-9-11-15(12-10-14)16(17)18-13(2)3;1-2/h9-13H,4-8H2,1-3H3;1-2H3. The summed E-state index contributed by atoms with van der Waals surface area (Å²) in [6.07, 6.45) is 6.11. The first-order valence-electron chi connectivity index (χ1n) is 7.93. The highest BCUT2D eigenvalue weighted by molar-refractivity contribution is 5.89. The molecule has 0 aliphatic carbocycles. The fourth-order valence-corrected chi connectivity index (χ4v) is 1.85. The number of hydrogen-bond donors (Lipinski definition) is 0. The molecule has 20 heavy (non-hydrogen) atoms. The smallest absolute Gasteiger partial charge is 0.338 e. The zero-order valence-electron chi connectivity index (χ0n) is 13.7. The summed E-state index contributed by atoms with van der Waals surface area (Å²) in [6, 6.07) is 7.78. The van der Waals surface area contributed by atoms with E-state index in [1.165, 1.54) is 31.2 Å². The van der Waals surface area contributed by atoms with Crippen molar-refractivity contribution in [3.63, 3.8) is 0 Å². The van der Waals surface area contributed by atoms with Gasteiger partial charge < -0.3 is 4.74 Å². The van der Waals surface area contributed by atoms with Gasteiger partial charge in [0.25, 0.3) is 0 Å². The lowest BCUT2D eigenvalue weighted by molar-refractivity contribution is 0.0378. The largest absolute Gasteiger partial charge is 0.459 e. The van der Waals surface area contributed by atoms with Crippen molar-refractivity contribution in [2.45, 2.75) is 72.8 Å². The first kappa shape index (κ1) is 18.7. The summed E-state index contributed by atoms with van der Waals surface area (Å²) in [4.78, 5) is 11.6. The van der Waals surface area contributed by atoms with Crippen LogP contribution in [0.25, 0.3) is 0 Å². The summed E-state index contributed by atoms with van der Waals surface area (Å²) in [6.45, 7) is 9.94. The molecule has 2 heteroatoms. The van der Waals surface area contributed by atoms with E-state index in [-0.39, 0.29) is 12.1 Å². The predicted molar refractivity (Wildman–Crippen MR) is 86.2 cm³/mol. The van der Waals surface area contributed by atoms with Crippen molar-refractivity contribution >= 4 is 5.97 Å². The highest BCUT2D eigenvalue weighted by atomic mass is 16.5. The van der Waals surface area contributed by atoms with Gasteiger partial charge >= 0.3 is 5.97 Å². The van der Waals surface area contributed by atoms with E-state index in [4.69, 9.17) is 4.74 Å². The van der Waals surface area contributed by atoms with Crippen LogP contribution >= 0.6 is 0 Å². The van der Waals surface area contributed by atoms with Crippen molar-refractivity contribution in [3.8, 4) is 0 Å². The van der Waals surface area contributed by atoms with E-state index in [2.05, 4.69) is 6.92 Å². The van der Waals surface area contributed by atoms with E-state index in [9.17, 15) is 4.79 Å². The molecule has 0 N–H and O–H groups in total. The van der Waals surface area contributed by atoms with Gasteiger partial charge in [-0.05, 0) is 44.4 Å². The number of aryl methyl sites for hydroxylation is 1. The van der Waals surface area contributed by atoms with E-state index in [0.717, 1.165) is 6.42 Å². The Morgan fingerprint density at radius 3 is 2.15 bits per heavy atom. The van der Waals surface area contributed by atoms with E-state index in [1.54, 1.807) is 0 Å². The minimum Gasteiger partial charge on any atom is -0.459 e. The number of benzene rings is 1. The van der Waals surface area contributed by atoms with Crippen molar-refractivity contribution in [1.82, 2.24) is 0 Å². The average Bonchev–Trinajstić information content (AvgIpc) is 2.46. The lowest BCUT2D eigenvalue weighted by atomic mass is 10.0. The Kier molecular flexibility index (Phi) is 10.8. The Balaban J connectivity index is 0.00000172. The number of rotatable bonds is 7. The summed E-state index contributed by atoms with van der Waals surface area (Å²) in [7, 11) is 0. The molecule has 0 saturated heterocycles. The van der Waals surface area contributed by atoms with Gasteiger partial charge in [-0.2, -0.15) is 0 Å². The van der Waals surface area contributed by atoms with Crippen LogP contribution in [0.5, 0.6) is 0 Å². The maximum atomic E-state index is 11.6. The van der Waals surface area contributed by atoms with Gasteiger partial charge in [-0.3, -0.25) is 0 Å². The Morgan fingerprint density at radius 2 is 1.65 bits per heavy atom. The first-order valence-corrected chi connectivity index (χ1v) is 7.93. The fourth-order valence-electron chi connectivity index (χ4n) is 1.85. The third-order valence-corrected chi connectivity index (χ3v) is 2.85. The van der Waals surface area contributed by atoms with Gasteiger partial charge in [0.05, 0.1) is 11.7 Å². The molecule has 0 fully saturated rings. The van der Waals surface area contributed by atoms with Crippen LogP contribution in [-0.4, -0.2) is 12.1 Å². The molecule has 0 saturated carbocycles. The van der Waals surface area contributed by atoms with Crippen LogP contribution in [0.3, 0.4) is 0 Å². The number of carbonyl (C=O) groups is 1. The van der Waals surface area contributed by atoms with E-state index < -0.39 is 0 Å². The van der Waals surface area contributed by atoms with Crippen molar-refractivity contribution in [1.29, 1.82) is 0 Å². The first-order chi connectivity index (χ1) is 9.63. The molecule has 1 aromatic rings. The molecular formula is C18H30O2. The second kappa shape index (κ2) is 11.5. The Hall–Kier alpha value is -1.31. The molecule has 0 unspecified atom stereocenters. The summed E-state index contributed by atoms with van der Waals surface area (Å²) in [5, 5.41) is 0. The SMILES string of the molecule is CC.CCCCCCc1ccc(C(=O)OC(C)C)cc1. The minimum atomic E-state index is -0.234. The van der Waals surface area contributed by atoms with Gasteiger partial charge in [0.1, 0.15) is 0 Å². The maximum absolute atomic E-state index is 11.6. The number of carbonyl (C=O) groups excluding carboxylic acids is 1. The molecule has 0 amide bonds. The molecule has 0 heterocycles. The van der Waals surface area contributed by atoms with Gasteiger partial charge in [-0.25, -0.2) is 4.79 Å². The van der Waals surface area contributed by atoms with Gasteiger partial charge in [-0.1, -0.05) is 52.2 Å². The van der Waals surface area contributed by atoms with Crippen LogP contribution in [0.1, 0.15) is 76.2 Å².